The number of nitrogens with one attached hydrogen (secondary N) is 1. The molecular weight excluding hydrogens is 282 g/mol. The summed E-state index contributed by atoms with van der Waals surface area (Å²) in [6.45, 7) is 2.47. The summed E-state index contributed by atoms with van der Waals surface area (Å²) in [7, 11) is -3.75. The number of aromatic carboxylic acids is 1. The Kier molecular flexibility index (Phi) is 6.74. The number of hydrogen-bond donors (Lipinski definition) is 2. The minimum absolute atomic E-state index is 0.331. The molecular formula is C13H21NO5S. The first-order valence-electron chi connectivity index (χ1n) is 6.80. The van der Waals surface area contributed by atoms with Crippen molar-refractivity contribution in [1.29, 1.82) is 0 Å². The predicted octanol–water partition coefficient (Wildman–Crippen LogP) is 2.62. The van der Waals surface area contributed by atoms with Gasteiger partial charge in [-0.3, -0.25) is 0 Å². The van der Waals surface area contributed by atoms with Crippen molar-refractivity contribution in [2.45, 2.75) is 50.5 Å². The largest absolute Gasteiger partial charge is 0.475 e. The molecule has 6 nitrogen and oxygen atoms in total. The number of furan rings is 1. The molecule has 0 radical (unpaired) electrons. The molecule has 2 N–H and O–H groups in total. The molecule has 7 heteroatoms. The van der Waals surface area contributed by atoms with E-state index >= 15 is 0 Å². The van der Waals surface area contributed by atoms with Gasteiger partial charge in [-0.2, -0.15) is 0 Å². The van der Waals surface area contributed by atoms with Crippen molar-refractivity contribution in [2.24, 2.45) is 0 Å². The number of hydrogen-bond acceptors (Lipinski definition) is 4. The van der Waals surface area contributed by atoms with Gasteiger partial charge in [0.05, 0.1) is 0 Å². The molecule has 114 valence electrons. The number of rotatable bonds is 10. The van der Waals surface area contributed by atoms with Gasteiger partial charge in [0.15, 0.2) is 0 Å². The fraction of sp³-hybridized carbons (Fsp3) is 0.615. The van der Waals surface area contributed by atoms with Gasteiger partial charge >= 0.3 is 5.97 Å². The van der Waals surface area contributed by atoms with E-state index in [9.17, 15) is 13.2 Å². The van der Waals surface area contributed by atoms with Crippen molar-refractivity contribution >= 4 is 16.0 Å². The molecule has 1 aromatic heterocycles. The van der Waals surface area contributed by atoms with Gasteiger partial charge in [-0.1, -0.05) is 39.0 Å². The summed E-state index contributed by atoms with van der Waals surface area (Å²) in [5.74, 6) is -1.67. The van der Waals surface area contributed by atoms with Gasteiger partial charge in [0.2, 0.25) is 10.9 Å². The summed E-state index contributed by atoms with van der Waals surface area (Å²) in [6, 6.07) is 2.27. The van der Waals surface area contributed by atoms with Crippen molar-refractivity contribution < 1.29 is 22.7 Å². The van der Waals surface area contributed by atoms with E-state index in [4.69, 9.17) is 9.52 Å². The molecule has 0 aliphatic carbocycles. The van der Waals surface area contributed by atoms with Gasteiger partial charge in [-0.25, -0.2) is 17.9 Å². The molecule has 0 aliphatic rings. The highest BCUT2D eigenvalue weighted by Crippen LogP contribution is 2.14. The summed E-state index contributed by atoms with van der Waals surface area (Å²) in [5.41, 5.74) is 0. The van der Waals surface area contributed by atoms with E-state index in [0.29, 0.717) is 6.54 Å². The van der Waals surface area contributed by atoms with Gasteiger partial charge in [0.1, 0.15) is 0 Å². The Labute approximate surface area is 119 Å². The predicted molar refractivity (Wildman–Crippen MR) is 74.2 cm³/mol. The fourth-order valence-corrected chi connectivity index (χ4v) is 2.76. The van der Waals surface area contributed by atoms with Crippen molar-refractivity contribution in [3.63, 3.8) is 0 Å². The lowest BCUT2D eigenvalue weighted by Crippen LogP contribution is -2.24. The van der Waals surface area contributed by atoms with E-state index < -0.39 is 16.0 Å². The van der Waals surface area contributed by atoms with Gasteiger partial charge in [-0.15, -0.1) is 0 Å². The molecule has 1 aromatic rings. The Bertz CT molecular complexity index is 521. The summed E-state index contributed by atoms with van der Waals surface area (Å²) in [5, 5.41) is 8.31. The van der Waals surface area contributed by atoms with Crippen LogP contribution in [0.25, 0.3) is 0 Å². The van der Waals surface area contributed by atoms with Crippen LogP contribution < -0.4 is 4.72 Å². The molecule has 0 saturated carbocycles. The topological polar surface area (TPSA) is 96.6 Å². The van der Waals surface area contributed by atoms with Crippen LogP contribution in [0, 0.1) is 0 Å². The summed E-state index contributed by atoms with van der Waals surface area (Å²) < 4.78 is 30.8. The van der Waals surface area contributed by atoms with Crippen LogP contribution in [-0.2, 0) is 10.0 Å². The van der Waals surface area contributed by atoms with Crippen LogP contribution in [0.4, 0.5) is 0 Å². The Morgan fingerprint density at radius 2 is 1.85 bits per heavy atom. The molecule has 1 heterocycles. The summed E-state index contributed by atoms with van der Waals surface area (Å²) in [4.78, 5) is 10.6. The number of sulfonamides is 1. The van der Waals surface area contributed by atoms with Crippen LogP contribution >= 0.6 is 0 Å². The smallest absolute Gasteiger partial charge is 0.371 e. The van der Waals surface area contributed by atoms with Gasteiger partial charge < -0.3 is 9.52 Å². The van der Waals surface area contributed by atoms with E-state index in [1.165, 1.54) is 19.3 Å². The molecule has 0 unspecified atom stereocenters. The number of unbranched alkanes of at least 4 members (excludes halogenated alkanes) is 5. The van der Waals surface area contributed by atoms with Crippen LogP contribution in [0.1, 0.15) is 56.0 Å². The third-order valence-electron chi connectivity index (χ3n) is 2.88. The normalized spacial score (nSPS) is 11.7. The first kappa shape index (κ1) is 16.7. The Balaban J connectivity index is 2.36. The summed E-state index contributed by atoms with van der Waals surface area (Å²) >= 11 is 0. The van der Waals surface area contributed by atoms with Crippen LogP contribution in [0.3, 0.4) is 0 Å². The van der Waals surface area contributed by atoms with E-state index in [1.807, 2.05) is 0 Å². The quantitative estimate of drug-likeness (QED) is 0.648. The zero-order chi connectivity index (χ0) is 15.0. The molecule has 20 heavy (non-hydrogen) atoms. The molecule has 0 fully saturated rings. The van der Waals surface area contributed by atoms with E-state index in [-0.39, 0.29) is 10.9 Å². The second-order valence-corrected chi connectivity index (χ2v) is 6.29. The highest BCUT2D eigenvalue weighted by molar-refractivity contribution is 7.89. The maximum absolute atomic E-state index is 11.8. The third-order valence-corrected chi connectivity index (χ3v) is 4.21. The lowest BCUT2D eigenvalue weighted by Gasteiger charge is -2.04. The molecule has 0 spiro atoms. The SMILES string of the molecule is CCCCCCCCNS(=O)(=O)c1ccc(C(=O)O)o1. The number of carbonyl (C=O) groups is 1. The van der Waals surface area contributed by atoms with E-state index in [1.54, 1.807) is 0 Å². The van der Waals surface area contributed by atoms with Gasteiger partial charge in [-0.05, 0) is 18.6 Å². The van der Waals surface area contributed by atoms with Crippen LogP contribution in [0.15, 0.2) is 21.6 Å². The Morgan fingerprint density at radius 1 is 1.20 bits per heavy atom. The minimum Gasteiger partial charge on any atom is -0.475 e. The molecule has 0 aromatic carbocycles. The zero-order valence-electron chi connectivity index (χ0n) is 11.6. The fourth-order valence-electron chi connectivity index (χ4n) is 1.76. The van der Waals surface area contributed by atoms with Gasteiger partial charge in [0, 0.05) is 6.54 Å². The number of carboxylic acids is 1. The van der Waals surface area contributed by atoms with Crippen molar-refractivity contribution in [3.05, 3.63) is 17.9 Å². The average Bonchev–Trinajstić information content (AvgIpc) is 2.88. The van der Waals surface area contributed by atoms with Crippen LogP contribution in [0.5, 0.6) is 0 Å². The van der Waals surface area contributed by atoms with Gasteiger partial charge in [0.25, 0.3) is 10.0 Å². The standard InChI is InChI=1S/C13H21NO5S/c1-2-3-4-5-6-7-10-14-20(17,18)12-9-8-11(19-12)13(15)16/h8-9,14H,2-7,10H2,1H3,(H,15,16). The molecule has 0 aliphatic heterocycles. The van der Waals surface area contributed by atoms with E-state index in [0.717, 1.165) is 31.4 Å². The second-order valence-electron chi connectivity index (χ2n) is 4.59. The van der Waals surface area contributed by atoms with Crippen LogP contribution in [-0.4, -0.2) is 26.0 Å². The number of carboxylic acid groups (broad SMARTS) is 1. The summed E-state index contributed by atoms with van der Waals surface area (Å²) in [6.07, 6.45) is 6.38. The monoisotopic (exact) mass is 303 g/mol. The molecule has 0 saturated heterocycles. The molecule has 0 atom stereocenters. The second kappa shape index (κ2) is 8.06. The first-order chi connectivity index (χ1) is 9.47. The third kappa shape index (κ3) is 5.34. The van der Waals surface area contributed by atoms with Crippen molar-refractivity contribution in [3.8, 4) is 0 Å². The molecule has 0 amide bonds. The Hall–Kier alpha value is -1.34. The van der Waals surface area contributed by atoms with Crippen molar-refractivity contribution in [2.75, 3.05) is 6.54 Å². The highest BCUT2D eigenvalue weighted by atomic mass is 32.2. The molecule has 0 bridgehead atoms. The van der Waals surface area contributed by atoms with Crippen molar-refractivity contribution in [1.82, 2.24) is 4.72 Å². The minimum atomic E-state index is -3.75. The Morgan fingerprint density at radius 3 is 2.45 bits per heavy atom. The van der Waals surface area contributed by atoms with Crippen LogP contribution in [0.2, 0.25) is 0 Å². The average molecular weight is 303 g/mol. The lowest BCUT2D eigenvalue weighted by molar-refractivity contribution is 0.0656. The molecule has 1 rings (SSSR count). The zero-order valence-corrected chi connectivity index (χ0v) is 12.4. The first-order valence-corrected chi connectivity index (χ1v) is 8.28. The maximum atomic E-state index is 11.8. The van der Waals surface area contributed by atoms with E-state index in [2.05, 4.69) is 11.6 Å². The lowest BCUT2D eigenvalue weighted by atomic mass is 10.1. The maximum Gasteiger partial charge on any atom is 0.371 e. The highest BCUT2D eigenvalue weighted by Gasteiger charge is 2.20.